The molecule has 0 saturated carbocycles. The Labute approximate surface area is 157 Å². The van der Waals surface area contributed by atoms with Gasteiger partial charge >= 0.3 is 0 Å². The van der Waals surface area contributed by atoms with E-state index in [1.807, 2.05) is 54.7 Å². The number of rotatable bonds is 4. The van der Waals surface area contributed by atoms with E-state index in [4.69, 9.17) is 11.6 Å². The third-order valence-electron chi connectivity index (χ3n) is 4.34. The molecule has 1 aromatic carbocycles. The summed E-state index contributed by atoms with van der Waals surface area (Å²) in [5, 5.41) is 3.83. The van der Waals surface area contributed by atoms with Gasteiger partial charge in [-0.3, -0.25) is 0 Å². The molecule has 0 spiro atoms. The molecule has 7 heteroatoms. The number of pyridine rings is 1. The zero-order valence-electron chi connectivity index (χ0n) is 14.2. The van der Waals surface area contributed by atoms with Crippen LogP contribution in [-0.2, 0) is 0 Å². The minimum absolute atomic E-state index is 0.544. The van der Waals surface area contributed by atoms with E-state index in [-0.39, 0.29) is 0 Å². The van der Waals surface area contributed by atoms with Gasteiger partial charge < -0.3 is 15.1 Å². The molecule has 1 N–H and O–H groups in total. The zero-order valence-corrected chi connectivity index (χ0v) is 15.0. The third-order valence-corrected chi connectivity index (χ3v) is 4.67. The fourth-order valence-corrected chi connectivity index (χ4v) is 3.16. The lowest BCUT2D eigenvalue weighted by Crippen LogP contribution is -2.47. The molecule has 0 bridgehead atoms. The van der Waals surface area contributed by atoms with Crippen LogP contribution >= 0.6 is 11.6 Å². The molecular formula is C19H19ClN6. The Morgan fingerprint density at radius 3 is 2.23 bits per heavy atom. The molecule has 0 aliphatic carbocycles. The number of anilines is 4. The number of hydrogen-bond acceptors (Lipinski definition) is 6. The van der Waals surface area contributed by atoms with E-state index in [1.165, 1.54) is 0 Å². The van der Waals surface area contributed by atoms with Crippen LogP contribution in [0.1, 0.15) is 0 Å². The molecule has 3 heterocycles. The first kappa shape index (κ1) is 16.6. The van der Waals surface area contributed by atoms with E-state index in [0.29, 0.717) is 11.0 Å². The van der Waals surface area contributed by atoms with Crippen LogP contribution in [0.25, 0.3) is 0 Å². The van der Waals surface area contributed by atoms with Crippen molar-refractivity contribution in [1.82, 2.24) is 15.0 Å². The average molecular weight is 367 g/mol. The molecule has 4 rings (SSSR count). The van der Waals surface area contributed by atoms with Crippen molar-refractivity contribution in [3.8, 4) is 0 Å². The molecule has 0 unspecified atom stereocenters. The first-order valence-corrected chi connectivity index (χ1v) is 8.93. The fraction of sp³-hybridized carbons (Fsp3) is 0.211. The van der Waals surface area contributed by atoms with Crippen LogP contribution in [0.3, 0.4) is 0 Å². The van der Waals surface area contributed by atoms with E-state index >= 15 is 0 Å². The molecular weight excluding hydrogens is 348 g/mol. The average Bonchev–Trinajstić information content (AvgIpc) is 2.71. The molecule has 1 saturated heterocycles. The van der Waals surface area contributed by atoms with Crippen LogP contribution in [-0.4, -0.2) is 41.1 Å². The second kappa shape index (κ2) is 7.58. The SMILES string of the molecule is Clc1ccccc1Nc1nccc(N2CCN(c3ccccn3)CC2)n1. The maximum atomic E-state index is 6.20. The second-order valence-corrected chi connectivity index (χ2v) is 6.41. The smallest absolute Gasteiger partial charge is 0.229 e. The van der Waals surface area contributed by atoms with Crippen LogP contribution < -0.4 is 15.1 Å². The Kier molecular flexibility index (Phi) is 4.84. The molecule has 132 valence electrons. The van der Waals surface area contributed by atoms with Gasteiger partial charge in [0.15, 0.2) is 0 Å². The van der Waals surface area contributed by atoms with Crippen LogP contribution in [0.4, 0.5) is 23.3 Å². The number of piperazine rings is 1. The minimum Gasteiger partial charge on any atom is -0.353 e. The summed E-state index contributed by atoms with van der Waals surface area (Å²) in [7, 11) is 0. The van der Waals surface area contributed by atoms with Gasteiger partial charge in [-0.25, -0.2) is 9.97 Å². The number of para-hydroxylation sites is 1. The molecule has 1 aliphatic heterocycles. The predicted molar refractivity (Wildman–Crippen MR) is 105 cm³/mol. The molecule has 6 nitrogen and oxygen atoms in total. The zero-order chi connectivity index (χ0) is 17.8. The van der Waals surface area contributed by atoms with E-state index in [2.05, 4.69) is 30.1 Å². The highest BCUT2D eigenvalue weighted by Gasteiger charge is 2.19. The van der Waals surface area contributed by atoms with Gasteiger partial charge in [-0.2, -0.15) is 4.98 Å². The van der Waals surface area contributed by atoms with Crippen LogP contribution in [0, 0.1) is 0 Å². The maximum Gasteiger partial charge on any atom is 0.229 e. The van der Waals surface area contributed by atoms with Crippen LogP contribution in [0.15, 0.2) is 60.9 Å². The molecule has 0 radical (unpaired) electrons. The Balaban J connectivity index is 1.44. The standard InChI is InChI=1S/C19H19ClN6/c20-15-5-1-2-6-16(15)23-19-22-10-8-18(24-19)26-13-11-25(12-14-26)17-7-3-4-9-21-17/h1-10H,11-14H2,(H,22,23,24). The topological polar surface area (TPSA) is 57.2 Å². The van der Waals surface area contributed by atoms with Crippen molar-refractivity contribution >= 4 is 34.9 Å². The van der Waals surface area contributed by atoms with Gasteiger partial charge in [0.2, 0.25) is 5.95 Å². The summed E-state index contributed by atoms with van der Waals surface area (Å²) in [4.78, 5) is 17.9. The second-order valence-electron chi connectivity index (χ2n) is 6.01. The predicted octanol–water partition coefficient (Wildman–Crippen LogP) is 3.60. The van der Waals surface area contributed by atoms with Gasteiger partial charge in [0.05, 0.1) is 10.7 Å². The number of halogens is 1. The molecule has 26 heavy (non-hydrogen) atoms. The summed E-state index contributed by atoms with van der Waals surface area (Å²) in [5.74, 6) is 2.48. The highest BCUT2D eigenvalue weighted by atomic mass is 35.5. The number of nitrogens with one attached hydrogen (secondary N) is 1. The highest BCUT2D eigenvalue weighted by Crippen LogP contribution is 2.24. The van der Waals surface area contributed by atoms with Gasteiger partial charge in [-0.05, 0) is 30.3 Å². The van der Waals surface area contributed by atoms with Gasteiger partial charge in [-0.15, -0.1) is 0 Å². The molecule has 2 aromatic heterocycles. The Morgan fingerprint density at radius 2 is 1.50 bits per heavy atom. The summed E-state index contributed by atoms with van der Waals surface area (Å²) in [6.07, 6.45) is 3.60. The molecule has 3 aromatic rings. The number of nitrogens with zero attached hydrogens (tertiary/aromatic N) is 5. The summed E-state index contributed by atoms with van der Waals surface area (Å²) < 4.78 is 0. The molecule has 1 aliphatic rings. The van der Waals surface area contributed by atoms with Crippen molar-refractivity contribution in [2.45, 2.75) is 0 Å². The van der Waals surface area contributed by atoms with Crippen molar-refractivity contribution in [2.24, 2.45) is 0 Å². The first-order valence-electron chi connectivity index (χ1n) is 8.55. The summed E-state index contributed by atoms with van der Waals surface area (Å²) in [6.45, 7) is 3.60. The van der Waals surface area contributed by atoms with Crippen molar-refractivity contribution in [3.05, 3.63) is 65.9 Å². The maximum absolute atomic E-state index is 6.20. The van der Waals surface area contributed by atoms with Crippen molar-refractivity contribution < 1.29 is 0 Å². The van der Waals surface area contributed by atoms with Crippen molar-refractivity contribution in [1.29, 1.82) is 0 Å². The van der Waals surface area contributed by atoms with Crippen molar-refractivity contribution in [2.75, 3.05) is 41.3 Å². The monoisotopic (exact) mass is 366 g/mol. The van der Waals surface area contributed by atoms with Crippen LogP contribution in [0.5, 0.6) is 0 Å². The fourth-order valence-electron chi connectivity index (χ4n) is 2.97. The quantitative estimate of drug-likeness (QED) is 0.761. The minimum atomic E-state index is 0.544. The normalized spacial score (nSPS) is 14.3. The van der Waals surface area contributed by atoms with E-state index in [0.717, 1.165) is 43.5 Å². The highest BCUT2D eigenvalue weighted by molar-refractivity contribution is 6.33. The van der Waals surface area contributed by atoms with Crippen LogP contribution in [0.2, 0.25) is 5.02 Å². The van der Waals surface area contributed by atoms with Gasteiger partial charge in [0.1, 0.15) is 11.6 Å². The van der Waals surface area contributed by atoms with E-state index in [1.54, 1.807) is 6.20 Å². The lowest BCUT2D eigenvalue weighted by Gasteiger charge is -2.36. The Bertz CT molecular complexity index is 865. The number of aromatic nitrogens is 3. The summed E-state index contributed by atoms with van der Waals surface area (Å²) in [6, 6.07) is 15.5. The van der Waals surface area contributed by atoms with E-state index in [9.17, 15) is 0 Å². The van der Waals surface area contributed by atoms with Gasteiger partial charge in [0, 0.05) is 38.6 Å². The van der Waals surface area contributed by atoms with Gasteiger partial charge in [-0.1, -0.05) is 29.8 Å². The number of benzene rings is 1. The first-order chi connectivity index (χ1) is 12.8. The lowest BCUT2D eigenvalue weighted by molar-refractivity contribution is 0.641. The Morgan fingerprint density at radius 1 is 0.769 bits per heavy atom. The molecule has 0 atom stereocenters. The van der Waals surface area contributed by atoms with Gasteiger partial charge in [0.25, 0.3) is 0 Å². The van der Waals surface area contributed by atoms with Crippen molar-refractivity contribution in [3.63, 3.8) is 0 Å². The summed E-state index contributed by atoms with van der Waals surface area (Å²) >= 11 is 6.20. The largest absolute Gasteiger partial charge is 0.353 e. The Hall–Kier alpha value is -2.86. The molecule has 1 fully saturated rings. The number of hydrogen-bond donors (Lipinski definition) is 1. The lowest BCUT2D eigenvalue weighted by atomic mass is 10.3. The van der Waals surface area contributed by atoms with E-state index < -0.39 is 0 Å². The molecule has 0 amide bonds. The summed E-state index contributed by atoms with van der Waals surface area (Å²) in [5.41, 5.74) is 0.797. The third kappa shape index (κ3) is 3.70.